The van der Waals surface area contributed by atoms with Crippen LogP contribution in [-0.4, -0.2) is 60.9 Å². The molecular formula is C12H22N2O3. The maximum Gasteiger partial charge on any atom is 0.332 e. The minimum atomic E-state index is -0.822. The lowest BCUT2D eigenvalue weighted by molar-refractivity contribution is -0.149. The van der Waals surface area contributed by atoms with Gasteiger partial charge in [0.15, 0.2) is 6.10 Å². The summed E-state index contributed by atoms with van der Waals surface area (Å²) >= 11 is 0. The van der Waals surface area contributed by atoms with Crippen LogP contribution in [0.15, 0.2) is 0 Å². The number of aliphatic carboxylic acids is 1. The van der Waals surface area contributed by atoms with E-state index in [1.165, 1.54) is 12.8 Å². The number of nitrogens with one attached hydrogen (secondary N) is 1. The quantitative estimate of drug-likeness (QED) is 0.742. The molecule has 2 unspecified atom stereocenters. The Morgan fingerprint density at radius 3 is 2.65 bits per heavy atom. The van der Waals surface area contributed by atoms with Gasteiger partial charge in [0.05, 0.1) is 6.10 Å². The third-order valence-corrected chi connectivity index (χ3v) is 3.81. The van der Waals surface area contributed by atoms with Crippen LogP contribution in [0.25, 0.3) is 0 Å². The largest absolute Gasteiger partial charge is 0.479 e. The zero-order chi connectivity index (χ0) is 12.3. The van der Waals surface area contributed by atoms with E-state index in [0.717, 1.165) is 26.1 Å². The molecule has 2 saturated heterocycles. The molecule has 2 aliphatic rings. The molecule has 2 heterocycles. The van der Waals surface area contributed by atoms with Crippen molar-refractivity contribution in [2.45, 2.75) is 43.9 Å². The Balaban J connectivity index is 1.75. The molecule has 2 aliphatic heterocycles. The van der Waals surface area contributed by atoms with E-state index in [1.54, 1.807) is 0 Å². The number of hydrogen-bond acceptors (Lipinski definition) is 4. The van der Waals surface area contributed by atoms with E-state index in [-0.39, 0.29) is 6.10 Å². The molecule has 0 radical (unpaired) electrons. The highest BCUT2D eigenvalue weighted by atomic mass is 16.5. The van der Waals surface area contributed by atoms with Crippen LogP contribution in [0.5, 0.6) is 0 Å². The van der Waals surface area contributed by atoms with Crippen LogP contribution >= 0.6 is 0 Å². The Labute approximate surface area is 102 Å². The topological polar surface area (TPSA) is 61.8 Å². The zero-order valence-corrected chi connectivity index (χ0v) is 10.4. The first-order valence-corrected chi connectivity index (χ1v) is 6.46. The van der Waals surface area contributed by atoms with Crippen LogP contribution in [0.2, 0.25) is 0 Å². The monoisotopic (exact) mass is 242 g/mol. The lowest BCUT2D eigenvalue weighted by Crippen LogP contribution is -2.44. The van der Waals surface area contributed by atoms with Crippen molar-refractivity contribution in [2.24, 2.45) is 0 Å². The lowest BCUT2D eigenvalue weighted by Gasteiger charge is -2.33. The number of ether oxygens (including phenoxy) is 1. The van der Waals surface area contributed by atoms with E-state index in [2.05, 4.69) is 17.3 Å². The SMILES string of the molecule is CN(CC1CCC(C(=O)O)O1)C1CCNCC1. The smallest absolute Gasteiger partial charge is 0.332 e. The number of carbonyl (C=O) groups is 1. The molecule has 0 aliphatic carbocycles. The minimum absolute atomic E-state index is 0.0935. The summed E-state index contributed by atoms with van der Waals surface area (Å²) in [5, 5.41) is 12.2. The maximum absolute atomic E-state index is 10.8. The molecule has 2 rings (SSSR count). The fraction of sp³-hybridized carbons (Fsp3) is 0.917. The number of hydrogen-bond donors (Lipinski definition) is 2. The number of piperidine rings is 1. The van der Waals surface area contributed by atoms with Gasteiger partial charge in [-0.2, -0.15) is 0 Å². The van der Waals surface area contributed by atoms with Gasteiger partial charge in [0.25, 0.3) is 0 Å². The predicted molar refractivity (Wildman–Crippen MR) is 64.1 cm³/mol. The van der Waals surface area contributed by atoms with Crippen LogP contribution in [0, 0.1) is 0 Å². The van der Waals surface area contributed by atoms with Gasteiger partial charge < -0.3 is 20.1 Å². The first-order valence-electron chi connectivity index (χ1n) is 6.46. The van der Waals surface area contributed by atoms with Crippen molar-refractivity contribution in [3.63, 3.8) is 0 Å². The van der Waals surface area contributed by atoms with Crippen molar-refractivity contribution in [3.8, 4) is 0 Å². The predicted octanol–water partition coefficient (Wildman–Crippen LogP) is 0.302. The van der Waals surface area contributed by atoms with Gasteiger partial charge in [0.2, 0.25) is 0 Å². The van der Waals surface area contributed by atoms with Crippen molar-refractivity contribution >= 4 is 5.97 Å². The van der Waals surface area contributed by atoms with Gasteiger partial charge in [0, 0.05) is 12.6 Å². The van der Waals surface area contributed by atoms with Gasteiger partial charge in [-0.15, -0.1) is 0 Å². The Morgan fingerprint density at radius 1 is 1.35 bits per heavy atom. The van der Waals surface area contributed by atoms with Crippen molar-refractivity contribution < 1.29 is 14.6 Å². The zero-order valence-electron chi connectivity index (χ0n) is 10.4. The Bertz CT molecular complexity index is 266. The first-order chi connectivity index (χ1) is 8.16. The second-order valence-electron chi connectivity index (χ2n) is 5.08. The average Bonchev–Trinajstić information content (AvgIpc) is 2.79. The number of carboxylic acids is 1. The van der Waals surface area contributed by atoms with E-state index in [0.29, 0.717) is 12.5 Å². The number of likely N-dealkylation sites (N-methyl/N-ethyl adjacent to an activating group) is 1. The summed E-state index contributed by atoms with van der Waals surface area (Å²) in [5.74, 6) is -0.822. The first kappa shape index (κ1) is 12.8. The fourth-order valence-electron chi connectivity index (χ4n) is 2.74. The molecule has 2 N–H and O–H groups in total. The molecule has 17 heavy (non-hydrogen) atoms. The second kappa shape index (κ2) is 5.80. The molecule has 2 atom stereocenters. The van der Waals surface area contributed by atoms with E-state index < -0.39 is 12.1 Å². The second-order valence-corrected chi connectivity index (χ2v) is 5.08. The number of rotatable bonds is 4. The molecule has 2 fully saturated rings. The average molecular weight is 242 g/mol. The van der Waals surface area contributed by atoms with E-state index in [4.69, 9.17) is 9.84 Å². The van der Waals surface area contributed by atoms with Crippen LogP contribution in [0.3, 0.4) is 0 Å². The molecule has 0 spiro atoms. The van der Waals surface area contributed by atoms with Crippen molar-refractivity contribution in [2.75, 3.05) is 26.7 Å². The van der Waals surface area contributed by atoms with Gasteiger partial charge in [-0.05, 0) is 45.8 Å². The summed E-state index contributed by atoms with van der Waals surface area (Å²) in [6.07, 6.45) is 3.38. The summed E-state index contributed by atoms with van der Waals surface area (Å²) in [4.78, 5) is 13.1. The standard InChI is InChI=1S/C12H22N2O3/c1-14(9-4-6-13-7-5-9)8-10-2-3-11(17-10)12(15)16/h9-11,13H,2-8H2,1H3,(H,15,16). The van der Waals surface area contributed by atoms with Crippen molar-refractivity contribution in [1.82, 2.24) is 10.2 Å². The normalized spacial score (nSPS) is 30.9. The maximum atomic E-state index is 10.8. The Morgan fingerprint density at radius 2 is 2.06 bits per heavy atom. The summed E-state index contributed by atoms with van der Waals surface area (Å²) < 4.78 is 5.53. The summed E-state index contributed by atoms with van der Waals surface area (Å²) in [6, 6.07) is 0.615. The van der Waals surface area contributed by atoms with Crippen LogP contribution in [0.4, 0.5) is 0 Å². The molecule has 0 aromatic heterocycles. The van der Waals surface area contributed by atoms with Gasteiger partial charge in [-0.25, -0.2) is 4.79 Å². The molecule has 0 saturated carbocycles. The molecule has 0 bridgehead atoms. The van der Waals surface area contributed by atoms with Gasteiger partial charge in [-0.1, -0.05) is 0 Å². The molecule has 0 amide bonds. The highest BCUT2D eigenvalue weighted by molar-refractivity contribution is 5.72. The molecular weight excluding hydrogens is 220 g/mol. The van der Waals surface area contributed by atoms with Crippen LogP contribution in [-0.2, 0) is 9.53 Å². The molecule has 5 nitrogen and oxygen atoms in total. The van der Waals surface area contributed by atoms with E-state index in [9.17, 15) is 4.79 Å². The highest BCUT2D eigenvalue weighted by Gasteiger charge is 2.32. The Kier molecular flexibility index (Phi) is 4.36. The molecule has 98 valence electrons. The highest BCUT2D eigenvalue weighted by Crippen LogP contribution is 2.22. The van der Waals surface area contributed by atoms with E-state index >= 15 is 0 Å². The third kappa shape index (κ3) is 3.40. The lowest BCUT2D eigenvalue weighted by atomic mass is 10.0. The number of nitrogens with zero attached hydrogens (tertiary/aromatic N) is 1. The molecule has 5 heteroatoms. The van der Waals surface area contributed by atoms with Crippen LogP contribution in [0.1, 0.15) is 25.7 Å². The van der Waals surface area contributed by atoms with Gasteiger partial charge in [-0.3, -0.25) is 0 Å². The summed E-state index contributed by atoms with van der Waals surface area (Å²) in [5.41, 5.74) is 0. The molecule has 0 aromatic carbocycles. The van der Waals surface area contributed by atoms with Gasteiger partial charge >= 0.3 is 5.97 Å². The minimum Gasteiger partial charge on any atom is -0.479 e. The van der Waals surface area contributed by atoms with Crippen LogP contribution < -0.4 is 5.32 Å². The third-order valence-electron chi connectivity index (χ3n) is 3.81. The van der Waals surface area contributed by atoms with Gasteiger partial charge in [0.1, 0.15) is 0 Å². The summed E-state index contributed by atoms with van der Waals surface area (Å²) in [7, 11) is 2.12. The van der Waals surface area contributed by atoms with E-state index in [1.807, 2.05) is 0 Å². The summed E-state index contributed by atoms with van der Waals surface area (Å²) in [6.45, 7) is 3.02. The number of carboxylic acid groups (broad SMARTS) is 1. The fourth-order valence-corrected chi connectivity index (χ4v) is 2.74. The van der Waals surface area contributed by atoms with Crippen molar-refractivity contribution in [1.29, 1.82) is 0 Å². The Hall–Kier alpha value is -0.650. The molecule has 0 aromatic rings. The van der Waals surface area contributed by atoms with Crippen molar-refractivity contribution in [3.05, 3.63) is 0 Å².